The summed E-state index contributed by atoms with van der Waals surface area (Å²) < 4.78 is 50.8. The first-order valence-electron chi connectivity index (χ1n) is 12.9. The number of anilines is 2. The quantitative estimate of drug-likeness (QED) is 0.292. The highest BCUT2D eigenvalue weighted by molar-refractivity contribution is 6.11. The van der Waals surface area contributed by atoms with Gasteiger partial charge in [0.25, 0.3) is 5.91 Å². The van der Waals surface area contributed by atoms with Gasteiger partial charge in [-0.05, 0) is 67.6 Å². The minimum atomic E-state index is -4.53. The third-order valence-corrected chi connectivity index (χ3v) is 6.51. The molecule has 4 rings (SSSR count). The van der Waals surface area contributed by atoms with Crippen LogP contribution < -0.4 is 15.4 Å². The minimum Gasteiger partial charge on any atom is -0.493 e. The number of aromatic nitrogens is 1. The van der Waals surface area contributed by atoms with E-state index in [4.69, 9.17) is 9.47 Å². The lowest BCUT2D eigenvalue weighted by atomic mass is 10.0. The summed E-state index contributed by atoms with van der Waals surface area (Å²) >= 11 is 0. The van der Waals surface area contributed by atoms with Crippen molar-refractivity contribution in [3.05, 3.63) is 89.4 Å². The second kappa shape index (κ2) is 13.3. The van der Waals surface area contributed by atoms with Crippen molar-refractivity contribution in [2.75, 3.05) is 37.5 Å². The molecule has 1 aliphatic heterocycles. The number of pyridine rings is 1. The van der Waals surface area contributed by atoms with Crippen LogP contribution in [0.1, 0.15) is 39.9 Å². The van der Waals surface area contributed by atoms with Gasteiger partial charge in [0.1, 0.15) is 5.75 Å². The molecule has 0 aliphatic carbocycles. The van der Waals surface area contributed by atoms with Gasteiger partial charge >= 0.3 is 6.18 Å². The van der Waals surface area contributed by atoms with E-state index in [2.05, 4.69) is 20.6 Å². The molecule has 40 heavy (non-hydrogen) atoms. The lowest BCUT2D eigenvalue weighted by Gasteiger charge is -2.22. The molecule has 1 aliphatic rings. The van der Waals surface area contributed by atoms with Crippen LogP contribution in [0.4, 0.5) is 24.5 Å². The van der Waals surface area contributed by atoms with Gasteiger partial charge < -0.3 is 20.1 Å². The first kappa shape index (κ1) is 28.8. The summed E-state index contributed by atoms with van der Waals surface area (Å²) in [6.07, 6.45) is 4.24. The molecule has 1 aromatic heterocycles. The van der Waals surface area contributed by atoms with Crippen molar-refractivity contribution in [3.8, 4) is 5.75 Å². The number of nitrogens with zero attached hydrogens (tertiary/aromatic N) is 2. The van der Waals surface area contributed by atoms with Crippen LogP contribution in [0.15, 0.2) is 72.1 Å². The standard InChI is InChI=1S/C30H31F3N4O3/c1-20-6-7-25(37-29(38)22-4-3-5-24(14-22)30(31,32)33)15-27(20)36-17-23(16-34-2)26-18-35-11-8-28(26)40-19-21-9-12-39-13-10-21/h3-8,11,14-18,21,36H,9-10,12-13,19H2,1-2H3,(H,37,38)/b23-17+,34-16?. The van der Waals surface area contributed by atoms with Crippen LogP contribution >= 0.6 is 0 Å². The number of hydrogen-bond acceptors (Lipinski definition) is 6. The number of benzene rings is 2. The van der Waals surface area contributed by atoms with Gasteiger partial charge in [0.15, 0.2) is 0 Å². The summed E-state index contributed by atoms with van der Waals surface area (Å²) in [5.74, 6) is 0.474. The molecule has 3 aromatic rings. The molecule has 10 heteroatoms. The topological polar surface area (TPSA) is 84.8 Å². The summed E-state index contributed by atoms with van der Waals surface area (Å²) in [5.41, 5.74) is 2.54. The molecule has 2 N–H and O–H groups in total. The Morgan fingerprint density at radius 2 is 1.98 bits per heavy atom. The van der Waals surface area contributed by atoms with E-state index in [1.165, 1.54) is 12.1 Å². The minimum absolute atomic E-state index is 0.0869. The summed E-state index contributed by atoms with van der Waals surface area (Å²) in [4.78, 5) is 21.1. The number of carbonyl (C=O) groups is 1. The predicted octanol–water partition coefficient (Wildman–Crippen LogP) is 6.62. The number of alkyl halides is 3. The summed E-state index contributed by atoms with van der Waals surface area (Å²) in [6.45, 7) is 3.97. The highest BCUT2D eigenvalue weighted by Gasteiger charge is 2.31. The van der Waals surface area contributed by atoms with Crippen molar-refractivity contribution in [3.63, 3.8) is 0 Å². The van der Waals surface area contributed by atoms with Gasteiger partial charge in [0, 0.05) is 73.1 Å². The van der Waals surface area contributed by atoms with Gasteiger partial charge in [-0.15, -0.1) is 0 Å². The number of halogens is 3. The van der Waals surface area contributed by atoms with E-state index in [-0.39, 0.29) is 5.56 Å². The number of nitrogens with one attached hydrogen (secondary N) is 2. The highest BCUT2D eigenvalue weighted by atomic mass is 19.4. The molecule has 2 heterocycles. The van der Waals surface area contributed by atoms with Crippen molar-refractivity contribution < 1.29 is 27.4 Å². The number of ether oxygens (including phenoxy) is 2. The molecule has 0 radical (unpaired) electrons. The summed E-state index contributed by atoms with van der Waals surface area (Å²) in [6, 6.07) is 11.3. The lowest BCUT2D eigenvalue weighted by molar-refractivity contribution is -0.137. The Balaban J connectivity index is 1.51. The van der Waals surface area contributed by atoms with E-state index < -0.39 is 17.6 Å². The van der Waals surface area contributed by atoms with Gasteiger partial charge in [-0.25, -0.2) is 0 Å². The highest BCUT2D eigenvalue weighted by Crippen LogP contribution is 2.30. The molecule has 2 aromatic carbocycles. The Kier molecular flexibility index (Phi) is 9.55. The van der Waals surface area contributed by atoms with Gasteiger partial charge in [-0.3, -0.25) is 14.8 Å². The van der Waals surface area contributed by atoms with Crippen molar-refractivity contribution in [1.82, 2.24) is 4.98 Å². The van der Waals surface area contributed by atoms with Crippen molar-refractivity contribution in [2.24, 2.45) is 10.9 Å². The molecule has 0 saturated carbocycles. The fraction of sp³-hybridized carbons (Fsp3) is 0.300. The molecule has 0 unspecified atom stereocenters. The Labute approximate surface area is 231 Å². The second-order valence-corrected chi connectivity index (χ2v) is 9.43. The van der Waals surface area contributed by atoms with Crippen LogP contribution in [0.2, 0.25) is 0 Å². The number of hydrogen-bond donors (Lipinski definition) is 2. The molecular formula is C30H31F3N4O3. The Bertz CT molecular complexity index is 1380. The third kappa shape index (κ3) is 7.69. The van der Waals surface area contributed by atoms with Gasteiger partial charge in [0.05, 0.1) is 12.2 Å². The molecular weight excluding hydrogens is 521 g/mol. The van der Waals surface area contributed by atoms with Gasteiger partial charge in [0.2, 0.25) is 0 Å². The average Bonchev–Trinajstić information content (AvgIpc) is 2.96. The van der Waals surface area contributed by atoms with E-state index in [1.54, 1.807) is 50.1 Å². The molecule has 7 nitrogen and oxygen atoms in total. The van der Waals surface area contributed by atoms with Crippen LogP contribution in [0.3, 0.4) is 0 Å². The van der Waals surface area contributed by atoms with Crippen LogP contribution in [-0.2, 0) is 10.9 Å². The average molecular weight is 553 g/mol. The fourth-order valence-electron chi connectivity index (χ4n) is 4.22. The number of aliphatic imine (C=N–C) groups is 1. The largest absolute Gasteiger partial charge is 0.493 e. The Morgan fingerprint density at radius 1 is 1.18 bits per heavy atom. The number of rotatable bonds is 9. The van der Waals surface area contributed by atoms with E-state index in [0.29, 0.717) is 29.6 Å². The molecule has 0 bridgehead atoms. The van der Waals surface area contributed by atoms with Crippen LogP contribution in [0, 0.1) is 12.8 Å². The monoisotopic (exact) mass is 552 g/mol. The summed E-state index contributed by atoms with van der Waals surface area (Å²) in [7, 11) is 1.67. The normalized spacial score (nSPS) is 14.8. The number of aryl methyl sites for hydroxylation is 1. The number of allylic oxidation sites excluding steroid dienone is 1. The third-order valence-electron chi connectivity index (χ3n) is 6.51. The maximum absolute atomic E-state index is 13.1. The van der Waals surface area contributed by atoms with E-state index in [9.17, 15) is 18.0 Å². The van der Waals surface area contributed by atoms with E-state index >= 15 is 0 Å². The van der Waals surface area contributed by atoms with Crippen molar-refractivity contribution in [1.29, 1.82) is 0 Å². The van der Waals surface area contributed by atoms with E-state index in [0.717, 1.165) is 54.9 Å². The molecule has 1 fully saturated rings. The van der Waals surface area contributed by atoms with Gasteiger partial charge in [-0.2, -0.15) is 13.2 Å². The zero-order valence-electron chi connectivity index (χ0n) is 22.3. The van der Waals surface area contributed by atoms with E-state index in [1.807, 2.05) is 13.0 Å². The molecule has 0 spiro atoms. The number of carbonyl (C=O) groups excluding carboxylic acids is 1. The molecule has 210 valence electrons. The zero-order chi connectivity index (χ0) is 28.5. The van der Waals surface area contributed by atoms with Gasteiger partial charge in [-0.1, -0.05) is 12.1 Å². The second-order valence-electron chi connectivity index (χ2n) is 9.43. The maximum Gasteiger partial charge on any atom is 0.416 e. The Morgan fingerprint density at radius 3 is 2.73 bits per heavy atom. The molecule has 1 saturated heterocycles. The van der Waals surface area contributed by atoms with Crippen LogP contribution in [0.5, 0.6) is 5.75 Å². The van der Waals surface area contributed by atoms with Crippen LogP contribution in [-0.4, -0.2) is 44.0 Å². The Hall–Kier alpha value is -4.18. The molecule has 1 amide bonds. The predicted molar refractivity (Wildman–Crippen MR) is 150 cm³/mol. The van der Waals surface area contributed by atoms with Crippen molar-refractivity contribution in [2.45, 2.75) is 25.9 Å². The van der Waals surface area contributed by atoms with Crippen LogP contribution in [0.25, 0.3) is 5.57 Å². The zero-order valence-corrected chi connectivity index (χ0v) is 22.3. The summed E-state index contributed by atoms with van der Waals surface area (Å²) in [5, 5.41) is 5.93. The SMILES string of the molecule is CN=C/C(=C\Nc1cc(NC(=O)c2cccc(C(F)(F)F)c2)ccc1C)c1cnccc1OCC1CCOCC1. The molecule has 0 atom stereocenters. The first-order valence-corrected chi connectivity index (χ1v) is 12.9. The fourth-order valence-corrected chi connectivity index (χ4v) is 4.22. The lowest BCUT2D eigenvalue weighted by Crippen LogP contribution is -2.21. The maximum atomic E-state index is 13.1. The number of amides is 1. The van der Waals surface area contributed by atoms with Crippen molar-refractivity contribution >= 4 is 29.1 Å². The smallest absolute Gasteiger partial charge is 0.416 e. The first-order chi connectivity index (χ1) is 19.2.